The van der Waals surface area contributed by atoms with Gasteiger partial charge in [0.05, 0.1) is 4.92 Å². The van der Waals surface area contributed by atoms with Crippen molar-refractivity contribution in [2.75, 3.05) is 0 Å². The zero-order chi connectivity index (χ0) is 9.30. The van der Waals surface area contributed by atoms with Gasteiger partial charge in [-0.1, -0.05) is 23.2 Å². The molecular weight excluding hydrogens is 201 g/mol. The predicted octanol–water partition coefficient (Wildman–Crippen LogP) is 3.08. The number of nitro benzene ring substituents is 1. The Morgan fingerprint density at radius 2 is 2.00 bits per heavy atom. The van der Waals surface area contributed by atoms with Gasteiger partial charge in [0.15, 0.2) is 0 Å². The van der Waals surface area contributed by atoms with Crippen molar-refractivity contribution in [3.05, 3.63) is 44.8 Å². The Hall–Kier alpha value is -0.800. The van der Waals surface area contributed by atoms with Crippen molar-refractivity contribution in [1.82, 2.24) is 0 Å². The van der Waals surface area contributed by atoms with Gasteiger partial charge in [-0.2, -0.15) is 0 Å². The van der Waals surface area contributed by atoms with E-state index in [1.54, 1.807) is 0 Å². The molecule has 0 spiro atoms. The SMILES string of the molecule is [CH2]c1cc(Cl)cc(Cl)c1[N+](=O)[O-]. The molecule has 1 radical (unpaired) electrons. The normalized spacial score (nSPS) is 9.92. The molecule has 1 aromatic carbocycles. The van der Waals surface area contributed by atoms with Gasteiger partial charge in [-0.3, -0.25) is 10.1 Å². The van der Waals surface area contributed by atoms with E-state index in [4.69, 9.17) is 23.2 Å². The van der Waals surface area contributed by atoms with Gasteiger partial charge in [0.1, 0.15) is 5.02 Å². The van der Waals surface area contributed by atoms with Crippen molar-refractivity contribution in [3.63, 3.8) is 0 Å². The van der Waals surface area contributed by atoms with Crippen LogP contribution in [-0.2, 0) is 0 Å². The lowest BCUT2D eigenvalue weighted by molar-refractivity contribution is -0.385. The van der Waals surface area contributed by atoms with E-state index in [9.17, 15) is 10.1 Å². The lowest BCUT2D eigenvalue weighted by Crippen LogP contribution is -1.92. The van der Waals surface area contributed by atoms with Crippen LogP contribution in [0.15, 0.2) is 12.1 Å². The lowest BCUT2D eigenvalue weighted by atomic mass is 10.2. The summed E-state index contributed by atoms with van der Waals surface area (Å²) in [6.07, 6.45) is 0. The smallest absolute Gasteiger partial charge is 0.258 e. The largest absolute Gasteiger partial charge is 0.291 e. The van der Waals surface area contributed by atoms with Crippen LogP contribution in [0.5, 0.6) is 0 Å². The van der Waals surface area contributed by atoms with E-state index in [0.717, 1.165) is 0 Å². The quantitative estimate of drug-likeness (QED) is 0.522. The van der Waals surface area contributed by atoms with Crippen molar-refractivity contribution in [2.45, 2.75) is 0 Å². The van der Waals surface area contributed by atoms with Crippen LogP contribution in [0.2, 0.25) is 10.0 Å². The van der Waals surface area contributed by atoms with Crippen LogP contribution in [0.4, 0.5) is 5.69 Å². The molecular formula is C7H4Cl2NO2. The molecule has 1 rings (SSSR count). The topological polar surface area (TPSA) is 43.1 Å². The van der Waals surface area contributed by atoms with Crippen LogP contribution in [0, 0.1) is 17.0 Å². The Balaban J connectivity index is 3.38. The molecule has 0 N–H and O–H groups in total. The van der Waals surface area contributed by atoms with Gasteiger partial charge in [-0.15, -0.1) is 0 Å². The van der Waals surface area contributed by atoms with Gasteiger partial charge >= 0.3 is 0 Å². The van der Waals surface area contributed by atoms with Gasteiger partial charge in [0.25, 0.3) is 5.69 Å². The highest BCUT2D eigenvalue weighted by Gasteiger charge is 2.16. The van der Waals surface area contributed by atoms with Crippen LogP contribution in [0.25, 0.3) is 0 Å². The van der Waals surface area contributed by atoms with Crippen molar-refractivity contribution < 1.29 is 4.92 Å². The second-order valence-electron chi connectivity index (χ2n) is 2.15. The Morgan fingerprint density at radius 1 is 1.42 bits per heavy atom. The highest BCUT2D eigenvalue weighted by atomic mass is 35.5. The number of rotatable bonds is 1. The third-order valence-corrected chi connectivity index (χ3v) is 1.80. The summed E-state index contributed by atoms with van der Waals surface area (Å²) in [6, 6.07) is 2.71. The van der Waals surface area contributed by atoms with Crippen LogP contribution >= 0.6 is 23.2 Å². The number of nitro groups is 1. The second-order valence-corrected chi connectivity index (χ2v) is 3.00. The number of hydrogen-bond acceptors (Lipinski definition) is 2. The molecule has 0 aliphatic carbocycles. The van der Waals surface area contributed by atoms with Gasteiger partial charge in [0.2, 0.25) is 0 Å². The Bertz CT molecular complexity index is 315. The maximum Gasteiger partial charge on any atom is 0.291 e. The van der Waals surface area contributed by atoms with E-state index >= 15 is 0 Å². The number of hydrogen-bond donors (Lipinski definition) is 0. The van der Waals surface area contributed by atoms with E-state index in [1.807, 2.05) is 0 Å². The fourth-order valence-electron chi connectivity index (χ4n) is 0.824. The van der Waals surface area contributed by atoms with Gasteiger partial charge in [0, 0.05) is 10.6 Å². The molecule has 3 nitrogen and oxygen atoms in total. The van der Waals surface area contributed by atoms with Crippen LogP contribution in [-0.4, -0.2) is 4.92 Å². The minimum atomic E-state index is -0.582. The van der Waals surface area contributed by atoms with Gasteiger partial charge in [-0.05, 0) is 19.1 Å². The summed E-state index contributed by atoms with van der Waals surface area (Å²) in [5, 5.41) is 10.7. The minimum Gasteiger partial charge on any atom is -0.258 e. The first-order chi connectivity index (χ1) is 5.52. The third kappa shape index (κ3) is 1.68. The summed E-state index contributed by atoms with van der Waals surface area (Å²) < 4.78 is 0. The van der Waals surface area contributed by atoms with E-state index in [2.05, 4.69) is 6.92 Å². The molecule has 0 unspecified atom stereocenters. The summed E-state index contributed by atoms with van der Waals surface area (Å²) in [5.74, 6) is 0. The monoisotopic (exact) mass is 204 g/mol. The summed E-state index contributed by atoms with van der Waals surface area (Å²) in [4.78, 5) is 9.81. The first-order valence-electron chi connectivity index (χ1n) is 2.97. The molecule has 1 aromatic rings. The Morgan fingerprint density at radius 3 is 2.42 bits per heavy atom. The molecule has 0 aromatic heterocycles. The first-order valence-corrected chi connectivity index (χ1v) is 3.73. The Kier molecular flexibility index (Phi) is 2.55. The molecule has 63 valence electrons. The molecule has 0 atom stereocenters. The molecule has 0 heterocycles. The van der Waals surface area contributed by atoms with Gasteiger partial charge < -0.3 is 0 Å². The molecule has 0 aliphatic heterocycles. The highest BCUT2D eigenvalue weighted by molar-refractivity contribution is 6.36. The maximum absolute atomic E-state index is 10.4. The molecule has 0 fully saturated rings. The van der Waals surface area contributed by atoms with Gasteiger partial charge in [-0.25, -0.2) is 0 Å². The minimum absolute atomic E-state index is 0.0116. The fraction of sp³-hybridized carbons (Fsp3) is 0. The zero-order valence-electron chi connectivity index (χ0n) is 5.88. The predicted molar refractivity (Wildman–Crippen MR) is 47.6 cm³/mol. The average Bonchev–Trinajstić information content (AvgIpc) is 1.82. The van der Waals surface area contributed by atoms with Crippen molar-refractivity contribution >= 4 is 28.9 Å². The number of benzene rings is 1. The summed E-state index contributed by atoms with van der Waals surface area (Å²) >= 11 is 11.1. The molecule has 5 heteroatoms. The first kappa shape index (κ1) is 9.29. The van der Waals surface area contributed by atoms with E-state index in [-0.39, 0.29) is 16.3 Å². The maximum atomic E-state index is 10.4. The zero-order valence-corrected chi connectivity index (χ0v) is 7.39. The molecule has 12 heavy (non-hydrogen) atoms. The van der Waals surface area contributed by atoms with E-state index in [1.165, 1.54) is 12.1 Å². The number of halogens is 2. The standard InChI is InChI=1S/C7H4Cl2NO2/c1-4-2-5(8)3-6(9)7(4)10(11)12/h2-3H,1H2. The molecule has 0 saturated carbocycles. The Labute approximate surface area is 79.1 Å². The number of nitrogens with zero attached hydrogens (tertiary/aromatic N) is 1. The molecule has 0 bridgehead atoms. The van der Waals surface area contributed by atoms with Crippen molar-refractivity contribution in [1.29, 1.82) is 0 Å². The molecule has 0 saturated heterocycles. The van der Waals surface area contributed by atoms with E-state index in [0.29, 0.717) is 5.02 Å². The second kappa shape index (κ2) is 3.29. The summed E-state index contributed by atoms with van der Waals surface area (Å²) in [7, 11) is 0. The fourth-order valence-corrected chi connectivity index (χ4v) is 1.43. The highest BCUT2D eigenvalue weighted by Crippen LogP contribution is 2.30. The summed E-state index contributed by atoms with van der Waals surface area (Å²) in [6.45, 7) is 3.45. The summed E-state index contributed by atoms with van der Waals surface area (Å²) in [5.41, 5.74) is 0.0265. The van der Waals surface area contributed by atoms with Crippen molar-refractivity contribution in [2.24, 2.45) is 0 Å². The van der Waals surface area contributed by atoms with Crippen LogP contribution in [0.1, 0.15) is 5.56 Å². The molecule has 0 amide bonds. The molecule has 0 aliphatic rings. The van der Waals surface area contributed by atoms with E-state index < -0.39 is 4.92 Å². The van der Waals surface area contributed by atoms with Crippen molar-refractivity contribution in [3.8, 4) is 0 Å². The van der Waals surface area contributed by atoms with Crippen LogP contribution < -0.4 is 0 Å². The average molecular weight is 205 g/mol. The third-order valence-electron chi connectivity index (χ3n) is 1.29. The lowest BCUT2D eigenvalue weighted by Gasteiger charge is -1.99. The van der Waals surface area contributed by atoms with Crippen LogP contribution in [0.3, 0.4) is 0 Å².